The molecule has 0 radical (unpaired) electrons. The van der Waals surface area contributed by atoms with Crippen LogP contribution in [0.15, 0.2) is 0 Å². The molecule has 106 heavy (non-hydrogen) atoms. The van der Waals surface area contributed by atoms with E-state index in [1.165, 1.54) is 283 Å². The van der Waals surface area contributed by atoms with Gasteiger partial charge in [-0.05, 0) is 37.5 Å². The van der Waals surface area contributed by atoms with Crippen LogP contribution in [-0.4, -0.2) is 96.7 Å². The summed E-state index contributed by atoms with van der Waals surface area (Å²) < 4.78 is 69.0. The quantitative estimate of drug-likeness (QED) is 0.0222. The van der Waals surface area contributed by atoms with E-state index >= 15 is 0 Å². The number of carbonyl (C=O) groups is 4. The van der Waals surface area contributed by atoms with E-state index in [1.54, 1.807) is 0 Å². The van der Waals surface area contributed by atoms with Crippen molar-refractivity contribution in [2.45, 2.75) is 484 Å². The monoisotopic (exact) mass is 1550 g/mol. The number of esters is 4. The van der Waals surface area contributed by atoms with E-state index in [0.29, 0.717) is 25.7 Å². The van der Waals surface area contributed by atoms with Gasteiger partial charge < -0.3 is 33.8 Å². The van der Waals surface area contributed by atoms with Crippen molar-refractivity contribution in [3.8, 4) is 0 Å². The van der Waals surface area contributed by atoms with Gasteiger partial charge in [0.2, 0.25) is 0 Å². The van der Waals surface area contributed by atoms with E-state index < -0.39 is 97.5 Å². The Hall–Kier alpha value is -1.94. The SMILES string of the molecule is CCCCCCCCCCCCCCCCCCCCCCC(=O)O[C@H](COC(=O)CCCCCCCCCCCCCCCCCCCC)COP(=O)(O)OC[C@@H](O)COP(=O)(O)OC[C@@H](COC(=O)CCCCCCCCCCC(C)CC)OC(=O)CCCCCCCCCCCCCCCC(C)C. The summed E-state index contributed by atoms with van der Waals surface area (Å²) in [5.74, 6) is -0.537. The lowest BCUT2D eigenvalue weighted by atomic mass is 9.99. The molecule has 0 aromatic rings. The van der Waals surface area contributed by atoms with E-state index in [-0.39, 0.29) is 25.7 Å². The Kier molecular flexibility index (Phi) is 76.9. The van der Waals surface area contributed by atoms with Crippen LogP contribution in [0.4, 0.5) is 0 Å². The molecule has 630 valence electrons. The lowest BCUT2D eigenvalue weighted by molar-refractivity contribution is -0.161. The fourth-order valence-electron chi connectivity index (χ4n) is 13.6. The van der Waals surface area contributed by atoms with Gasteiger partial charge in [0.15, 0.2) is 12.2 Å². The molecule has 0 saturated carbocycles. The average Bonchev–Trinajstić information content (AvgIpc) is 0.914. The molecule has 0 spiro atoms. The highest BCUT2D eigenvalue weighted by molar-refractivity contribution is 7.47. The molecule has 0 bridgehead atoms. The maximum atomic E-state index is 13.2. The number of phosphoric ester groups is 2. The second kappa shape index (κ2) is 78.3. The van der Waals surface area contributed by atoms with Crippen molar-refractivity contribution < 1.29 is 80.2 Å². The molecule has 0 aliphatic heterocycles. The predicted octanol–water partition coefficient (Wildman–Crippen LogP) is 26.6. The van der Waals surface area contributed by atoms with Gasteiger partial charge in [-0.3, -0.25) is 37.3 Å². The van der Waals surface area contributed by atoms with Crippen LogP contribution in [0, 0.1) is 11.8 Å². The number of phosphoric acid groups is 2. The molecular weight excluding hydrogens is 1380 g/mol. The van der Waals surface area contributed by atoms with Crippen molar-refractivity contribution in [2.24, 2.45) is 11.8 Å². The van der Waals surface area contributed by atoms with Crippen LogP contribution in [0.5, 0.6) is 0 Å². The summed E-state index contributed by atoms with van der Waals surface area (Å²) >= 11 is 0. The van der Waals surface area contributed by atoms with Crippen molar-refractivity contribution in [2.75, 3.05) is 39.6 Å². The van der Waals surface area contributed by atoms with Gasteiger partial charge in [-0.15, -0.1) is 0 Å². The van der Waals surface area contributed by atoms with Crippen LogP contribution in [0.25, 0.3) is 0 Å². The largest absolute Gasteiger partial charge is 0.472 e. The number of hydrogen-bond acceptors (Lipinski definition) is 15. The van der Waals surface area contributed by atoms with Crippen molar-refractivity contribution in [3.63, 3.8) is 0 Å². The lowest BCUT2D eigenvalue weighted by Crippen LogP contribution is -2.30. The summed E-state index contributed by atoms with van der Waals surface area (Å²) in [7, 11) is -9.93. The van der Waals surface area contributed by atoms with Gasteiger partial charge in [0.1, 0.15) is 19.3 Å². The Morgan fingerprint density at radius 2 is 0.481 bits per heavy atom. The van der Waals surface area contributed by atoms with Crippen molar-refractivity contribution >= 4 is 39.5 Å². The third-order valence-corrected chi connectivity index (χ3v) is 22.7. The number of unbranched alkanes of at least 4 members (excludes halogenated alkanes) is 55. The first-order chi connectivity index (χ1) is 51.4. The van der Waals surface area contributed by atoms with Crippen LogP contribution in [0.3, 0.4) is 0 Å². The van der Waals surface area contributed by atoms with Gasteiger partial charge >= 0.3 is 39.5 Å². The Morgan fingerprint density at radius 3 is 0.717 bits per heavy atom. The molecule has 0 heterocycles. The highest BCUT2D eigenvalue weighted by Crippen LogP contribution is 2.45. The van der Waals surface area contributed by atoms with Gasteiger partial charge in [-0.1, -0.05) is 414 Å². The van der Waals surface area contributed by atoms with Crippen LogP contribution in [-0.2, 0) is 65.4 Å². The minimum atomic E-state index is -4.97. The standard InChI is InChI=1S/C87H170O17P2/c1-7-10-12-14-16-18-20-22-24-26-28-29-31-33-37-41-45-53-59-65-71-86(91)103-82(75-97-84(89)69-63-57-51-44-40-36-32-30-27-25-23-21-19-17-15-13-11-8-2)77-101-105(93,94)99-73-81(88)74-100-106(95,96)102-78-83(76-98-85(90)70-64-58-52-48-47-50-56-62-68-80(6)9-3)104-87(92)72-66-60-54-46-42-38-34-35-39-43-49-55-61-67-79(4)5/h79-83,88H,7-78H2,1-6H3,(H,93,94)(H,95,96)/t80?,81-,82-,83-/m1/s1. The fourth-order valence-corrected chi connectivity index (χ4v) is 15.1. The Morgan fingerprint density at radius 1 is 0.274 bits per heavy atom. The number of ether oxygens (including phenoxy) is 4. The van der Waals surface area contributed by atoms with E-state index in [2.05, 4.69) is 41.5 Å². The second-order valence-corrected chi connectivity index (χ2v) is 34.9. The average molecular weight is 1550 g/mol. The topological polar surface area (TPSA) is 237 Å². The number of aliphatic hydroxyl groups is 1. The maximum absolute atomic E-state index is 13.2. The summed E-state index contributed by atoms with van der Waals surface area (Å²) in [5, 5.41) is 10.7. The molecule has 19 heteroatoms. The van der Waals surface area contributed by atoms with Gasteiger partial charge in [0, 0.05) is 25.7 Å². The molecule has 0 rings (SSSR count). The van der Waals surface area contributed by atoms with Gasteiger partial charge in [0.25, 0.3) is 0 Å². The number of hydrogen-bond donors (Lipinski definition) is 3. The first kappa shape index (κ1) is 104. The zero-order valence-corrected chi connectivity index (χ0v) is 71.5. The number of aliphatic hydroxyl groups excluding tert-OH is 1. The fraction of sp³-hybridized carbons (Fsp3) is 0.954. The van der Waals surface area contributed by atoms with Crippen molar-refractivity contribution in [1.82, 2.24) is 0 Å². The molecule has 0 saturated heterocycles. The molecule has 0 amide bonds. The first-order valence-corrected chi connectivity index (χ1v) is 48.0. The highest BCUT2D eigenvalue weighted by Gasteiger charge is 2.30. The second-order valence-electron chi connectivity index (χ2n) is 32.0. The minimum Gasteiger partial charge on any atom is -0.462 e. The van der Waals surface area contributed by atoms with Crippen molar-refractivity contribution in [3.05, 3.63) is 0 Å². The molecule has 3 N–H and O–H groups in total. The summed E-state index contributed by atoms with van der Waals surface area (Å²) in [6.45, 7) is 9.70. The van der Waals surface area contributed by atoms with Gasteiger partial charge in [-0.2, -0.15) is 0 Å². The summed E-state index contributed by atoms with van der Waals surface area (Å²) in [4.78, 5) is 73.3. The summed E-state index contributed by atoms with van der Waals surface area (Å²) in [6.07, 6.45) is 70.8. The first-order valence-electron chi connectivity index (χ1n) is 45.0. The third kappa shape index (κ3) is 78.7. The zero-order valence-electron chi connectivity index (χ0n) is 69.7. The van der Waals surface area contributed by atoms with Gasteiger partial charge in [-0.25, -0.2) is 9.13 Å². The van der Waals surface area contributed by atoms with E-state index in [1.807, 2.05) is 0 Å². The van der Waals surface area contributed by atoms with Crippen LogP contribution >= 0.6 is 15.6 Å². The minimum absolute atomic E-state index is 0.107. The van der Waals surface area contributed by atoms with E-state index in [9.17, 15) is 43.2 Å². The van der Waals surface area contributed by atoms with Crippen molar-refractivity contribution in [1.29, 1.82) is 0 Å². The molecule has 0 aliphatic carbocycles. The van der Waals surface area contributed by atoms with E-state index in [0.717, 1.165) is 102 Å². The highest BCUT2D eigenvalue weighted by atomic mass is 31.2. The van der Waals surface area contributed by atoms with E-state index in [4.69, 9.17) is 37.0 Å². The molecule has 0 fully saturated rings. The van der Waals surface area contributed by atoms with Crippen LogP contribution in [0.1, 0.15) is 465 Å². The lowest BCUT2D eigenvalue weighted by Gasteiger charge is -2.21. The molecule has 0 aromatic carbocycles. The van der Waals surface area contributed by atoms with Gasteiger partial charge in [0.05, 0.1) is 26.4 Å². The number of rotatable bonds is 86. The Balaban J connectivity index is 5.26. The zero-order chi connectivity index (χ0) is 77.8. The summed E-state index contributed by atoms with van der Waals surface area (Å²) in [6, 6.07) is 0. The Labute approximate surface area is 651 Å². The normalized spacial score (nSPS) is 14.1. The van der Waals surface area contributed by atoms with Crippen LogP contribution < -0.4 is 0 Å². The molecule has 17 nitrogen and oxygen atoms in total. The molecule has 0 aromatic heterocycles. The smallest absolute Gasteiger partial charge is 0.462 e. The third-order valence-electron chi connectivity index (χ3n) is 20.8. The summed E-state index contributed by atoms with van der Waals surface area (Å²) in [5.41, 5.74) is 0. The number of carbonyl (C=O) groups excluding carboxylic acids is 4. The van der Waals surface area contributed by atoms with Crippen LogP contribution in [0.2, 0.25) is 0 Å². The predicted molar refractivity (Wildman–Crippen MR) is 437 cm³/mol. The Bertz CT molecular complexity index is 2030. The molecule has 6 atom stereocenters. The molecule has 0 aliphatic rings. The molecule has 3 unspecified atom stereocenters. The maximum Gasteiger partial charge on any atom is 0.472 e. The molecular formula is C87H170O17P2.